The Hall–Kier alpha value is -3.07. The predicted octanol–water partition coefficient (Wildman–Crippen LogP) is 3.39. The van der Waals surface area contributed by atoms with Crippen molar-refractivity contribution in [2.24, 2.45) is 41.5 Å². The van der Waals surface area contributed by atoms with Crippen molar-refractivity contribution in [1.82, 2.24) is 9.78 Å². The molecule has 3 N–H and O–H groups in total. The number of rotatable bonds is 4. The van der Waals surface area contributed by atoms with Crippen LogP contribution in [0.1, 0.15) is 50.2 Å². The van der Waals surface area contributed by atoms with Gasteiger partial charge < -0.3 is 20.1 Å². The second kappa shape index (κ2) is 8.71. The fourth-order valence-corrected chi connectivity index (χ4v) is 8.51. The minimum atomic E-state index is -2.19. The Bertz CT molecular complexity index is 1490. The SMILES string of the molecule is CC1=CC23C(=O)[C@@H](C=C(CO)[C@@H](O)[C@]2(O)[C@H]1OC(=O)c1c(-c2ccccc2C)cnn1C)[C@H]1[C@@H](CC3C)C1(C)C. The van der Waals surface area contributed by atoms with Crippen LogP contribution in [-0.4, -0.2) is 61.3 Å². The van der Waals surface area contributed by atoms with E-state index in [1.165, 1.54) is 4.68 Å². The smallest absolute Gasteiger partial charge is 0.357 e. The lowest BCUT2D eigenvalue weighted by molar-refractivity contribution is -0.190. The fourth-order valence-electron chi connectivity index (χ4n) is 8.51. The van der Waals surface area contributed by atoms with Gasteiger partial charge in [0.25, 0.3) is 0 Å². The molecule has 1 heterocycles. The zero-order valence-electron chi connectivity index (χ0n) is 23.9. The quantitative estimate of drug-likeness (QED) is 0.397. The van der Waals surface area contributed by atoms with E-state index in [-0.39, 0.29) is 40.2 Å². The molecule has 2 aromatic rings. The van der Waals surface area contributed by atoms with Gasteiger partial charge in [-0.3, -0.25) is 9.48 Å². The van der Waals surface area contributed by atoms with Crippen LogP contribution in [-0.2, 0) is 16.6 Å². The number of carbonyl (C=O) groups excluding carboxylic acids is 2. The highest BCUT2D eigenvalue weighted by Crippen LogP contribution is 2.71. The Morgan fingerprint density at radius 3 is 2.58 bits per heavy atom. The minimum Gasteiger partial charge on any atom is -0.450 e. The van der Waals surface area contributed by atoms with Crippen molar-refractivity contribution in [1.29, 1.82) is 0 Å². The first-order valence-electron chi connectivity index (χ1n) is 14.1. The predicted molar refractivity (Wildman–Crippen MR) is 148 cm³/mol. The average molecular weight is 547 g/mol. The summed E-state index contributed by atoms with van der Waals surface area (Å²) in [4.78, 5) is 28.4. The van der Waals surface area contributed by atoms with Crippen LogP contribution in [0.15, 0.2) is 53.8 Å². The molecule has 0 amide bonds. The molecule has 2 saturated carbocycles. The molecule has 0 saturated heterocycles. The molecule has 4 aliphatic carbocycles. The number of aliphatic hydroxyl groups excluding tert-OH is 2. The molecule has 4 aliphatic rings. The standard InChI is InChI=1S/C32H38N2O6/c1-16-9-7-8-10-20(16)22-14-33-34(6)25(22)29(38)40-28-17(2)13-31-18(3)11-23-24(30(23,4)5)21(27(31)37)12-19(15-35)26(36)32(28,31)39/h7-10,12-14,18,21,23-24,26,28,35-36,39H,11,15H2,1-6H3/t18?,21-,23+,24-,26+,28-,31?,32-/m0/s1. The molecule has 0 radical (unpaired) electrons. The van der Waals surface area contributed by atoms with Crippen LogP contribution in [0.3, 0.4) is 0 Å². The fraction of sp³-hybridized carbons (Fsp3) is 0.531. The highest BCUT2D eigenvalue weighted by atomic mass is 16.6. The molecule has 40 heavy (non-hydrogen) atoms. The largest absolute Gasteiger partial charge is 0.450 e. The van der Waals surface area contributed by atoms with Gasteiger partial charge >= 0.3 is 5.97 Å². The summed E-state index contributed by atoms with van der Waals surface area (Å²) >= 11 is 0. The third kappa shape index (κ3) is 3.27. The van der Waals surface area contributed by atoms with Crippen LogP contribution < -0.4 is 0 Å². The van der Waals surface area contributed by atoms with Crippen LogP contribution in [0.5, 0.6) is 0 Å². The number of esters is 1. The first-order valence-corrected chi connectivity index (χ1v) is 14.1. The molecule has 1 aromatic carbocycles. The maximum Gasteiger partial charge on any atom is 0.357 e. The zero-order valence-corrected chi connectivity index (χ0v) is 23.9. The van der Waals surface area contributed by atoms with Gasteiger partial charge in [-0.15, -0.1) is 0 Å². The van der Waals surface area contributed by atoms with E-state index >= 15 is 0 Å². The number of allylic oxidation sites excluding steroid dienone is 1. The second-order valence-corrected chi connectivity index (χ2v) is 13.0. The van der Waals surface area contributed by atoms with Crippen LogP contribution in [0.4, 0.5) is 0 Å². The van der Waals surface area contributed by atoms with Gasteiger partial charge in [-0.05, 0) is 65.7 Å². The molecule has 8 atom stereocenters. The number of hydrogen-bond acceptors (Lipinski definition) is 7. The summed E-state index contributed by atoms with van der Waals surface area (Å²) in [6, 6.07) is 7.64. The summed E-state index contributed by atoms with van der Waals surface area (Å²) in [5, 5.41) is 39.0. The van der Waals surface area contributed by atoms with Crippen LogP contribution >= 0.6 is 0 Å². The number of nitrogens with zero attached hydrogens (tertiary/aromatic N) is 2. The number of hydrogen-bond donors (Lipinski definition) is 3. The van der Waals surface area contributed by atoms with E-state index in [9.17, 15) is 24.9 Å². The van der Waals surface area contributed by atoms with Gasteiger partial charge in [-0.1, -0.05) is 57.2 Å². The number of carbonyl (C=O) groups is 2. The van der Waals surface area contributed by atoms with Crippen molar-refractivity contribution in [3.8, 4) is 11.1 Å². The third-order valence-corrected chi connectivity index (χ3v) is 10.7. The van der Waals surface area contributed by atoms with Gasteiger partial charge in [0, 0.05) is 18.5 Å². The van der Waals surface area contributed by atoms with Crippen molar-refractivity contribution in [3.63, 3.8) is 0 Å². The Morgan fingerprint density at radius 2 is 1.90 bits per heavy atom. The van der Waals surface area contributed by atoms with Gasteiger partial charge in [0.05, 0.1) is 18.2 Å². The summed E-state index contributed by atoms with van der Waals surface area (Å²) in [7, 11) is 1.65. The minimum absolute atomic E-state index is 0.0549. The molecule has 2 unspecified atom stereocenters. The number of aliphatic hydroxyl groups is 3. The van der Waals surface area contributed by atoms with Gasteiger partial charge in [0.1, 0.15) is 6.10 Å². The zero-order chi connectivity index (χ0) is 28.9. The summed E-state index contributed by atoms with van der Waals surface area (Å²) < 4.78 is 7.54. The summed E-state index contributed by atoms with van der Waals surface area (Å²) in [5.74, 6) is -1.46. The van der Waals surface area contributed by atoms with E-state index in [1.807, 2.05) is 38.1 Å². The third-order valence-electron chi connectivity index (χ3n) is 10.7. The highest BCUT2D eigenvalue weighted by Gasteiger charge is 2.76. The Labute approximate surface area is 234 Å². The number of fused-ring (bicyclic) bond motifs is 3. The van der Waals surface area contributed by atoms with Crippen molar-refractivity contribution in [3.05, 3.63) is 65.0 Å². The second-order valence-electron chi connectivity index (χ2n) is 13.0. The van der Waals surface area contributed by atoms with Gasteiger partial charge in [-0.25, -0.2) is 4.79 Å². The topological polar surface area (TPSA) is 122 Å². The van der Waals surface area contributed by atoms with Gasteiger partial charge in [0.2, 0.25) is 0 Å². The Morgan fingerprint density at radius 1 is 1.20 bits per heavy atom. The summed E-state index contributed by atoms with van der Waals surface area (Å²) in [6.45, 7) is 9.40. The molecular formula is C32H38N2O6. The van der Waals surface area contributed by atoms with Crippen molar-refractivity contribution < 1.29 is 29.6 Å². The average Bonchev–Trinajstić information content (AvgIpc) is 3.16. The van der Waals surface area contributed by atoms with E-state index in [0.29, 0.717) is 17.6 Å². The van der Waals surface area contributed by atoms with Crippen LogP contribution in [0, 0.1) is 41.4 Å². The Kier molecular flexibility index (Phi) is 5.91. The maximum atomic E-state index is 14.5. The van der Waals surface area contributed by atoms with Crippen LogP contribution in [0.25, 0.3) is 11.1 Å². The lowest BCUT2D eigenvalue weighted by Gasteiger charge is -2.48. The van der Waals surface area contributed by atoms with Crippen molar-refractivity contribution in [2.45, 2.75) is 58.8 Å². The first-order chi connectivity index (χ1) is 18.8. The monoisotopic (exact) mass is 546 g/mol. The van der Waals surface area contributed by atoms with E-state index < -0.39 is 41.7 Å². The van der Waals surface area contributed by atoms with Gasteiger partial charge in [0.15, 0.2) is 23.2 Å². The van der Waals surface area contributed by atoms with Crippen molar-refractivity contribution in [2.75, 3.05) is 6.61 Å². The molecule has 2 fully saturated rings. The molecule has 1 aromatic heterocycles. The van der Waals surface area contributed by atoms with E-state index in [4.69, 9.17) is 4.74 Å². The number of ether oxygens (including phenoxy) is 1. The molecule has 8 nitrogen and oxygen atoms in total. The van der Waals surface area contributed by atoms with E-state index in [0.717, 1.165) is 11.1 Å². The molecule has 6 rings (SSSR count). The molecule has 2 bridgehead atoms. The summed E-state index contributed by atoms with van der Waals surface area (Å²) in [6.07, 6.45) is 2.80. The number of aryl methyl sites for hydroxylation is 2. The van der Waals surface area contributed by atoms with Crippen molar-refractivity contribution >= 4 is 11.8 Å². The summed E-state index contributed by atoms with van der Waals surface area (Å²) in [5.41, 5.74) is -0.459. The highest BCUT2D eigenvalue weighted by molar-refractivity contribution is 5.98. The number of Topliss-reactive ketones (excluding diaryl/α,β-unsaturated/α-hetero) is 1. The molecular weight excluding hydrogens is 508 g/mol. The number of aromatic nitrogens is 2. The molecule has 1 spiro atoms. The molecule has 0 aliphatic heterocycles. The molecule has 212 valence electrons. The maximum absolute atomic E-state index is 14.5. The normalized spacial score (nSPS) is 37.5. The van der Waals surface area contributed by atoms with Crippen LogP contribution in [0.2, 0.25) is 0 Å². The lowest BCUT2D eigenvalue weighted by Crippen LogP contribution is -2.65. The lowest BCUT2D eigenvalue weighted by atomic mass is 9.59. The van der Waals surface area contributed by atoms with Gasteiger partial charge in [-0.2, -0.15) is 5.10 Å². The van der Waals surface area contributed by atoms with E-state index in [1.54, 1.807) is 32.3 Å². The van der Waals surface area contributed by atoms with E-state index in [2.05, 4.69) is 18.9 Å². The first kappa shape index (κ1) is 27.1. The number of ketones is 1. The molecule has 8 heteroatoms. The number of benzene rings is 1. The Balaban J connectivity index is 1.45.